The molecule has 34 heavy (non-hydrogen) atoms. The molecule has 2 fully saturated rings. The first-order valence-electron chi connectivity index (χ1n) is 11.5. The zero-order valence-electron chi connectivity index (χ0n) is 19.4. The van der Waals surface area contributed by atoms with Crippen molar-refractivity contribution in [1.29, 1.82) is 0 Å². The van der Waals surface area contributed by atoms with Crippen LogP contribution < -0.4 is 14.5 Å². The molecule has 0 aliphatic carbocycles. The number of piperazine rings is 1. The molecule has 0 saturated carbocycles. The molecule has 2 saturated heterocycles. The maximum Gasteiger partial charge on any atom is 0.246 e. The highest BCUT2D eigenvalue weighted by Gasteiger charge is 2.33. The third kappa shape index (κ3) is 3.99. The van der Waals surface area contributed by atoms with Crippen LogP contribution in [0.15, 0.2) is 53.4 Å². The molecule has 1 aromatic heterocycles. The number of carbonyl (C=O) groups is 1. The number of amides is 1. The van der Waals surface area contributed by atoms with Crippen LogP contribution in [-0.4, -0.2) is 63.4 Å². The SMILES string of the molecule is COc1ccc(N2CCCC2=O)cc1S(=O)(=O)N1CCN(c2cc(C)c3ccccc3n2)CC1. The van der Waals surface area contributed by atoms with E-state index in [1.807, 2.05) is 18.2 Å². The number of hydrogen-bond donors (Lipinski definition) is 0. The van der Waals surface area contributed by atoms with Gasteiger partial charge in [0.2, 0.25) is 15.9 Å². The first-order chi connectivity index (χ1) is 16.4. The van der Waals surface area contributed by atoms with Crippen molar-refractivity contribution >= 4 is 38.3 Å². The van der Waals surface area contributed by atoms with Crippen molar-refractivity contribution in [3.05, 3.63) is 54.1 Å². The second-order valence-corrected chi connectivity index (χ2v) is 10.6. The molecule has 0 bridgehead atoms. The maximum absolute atomic E-state index is 13.6. The second-order valence-electron chi connectivity index (χ2n) is 8.69. The molecule has 0 N–H and O–H groups in total. The quantitative estimate of drug-likeness (QED) is 0.558. The van der Waals surface area contributed by atoms with E-state index in [4.69, 9.17) is 9.72 Å². The number of methoxy groups -OCH3 is 1. The molecular weight excluding hydrogens is 452 g/mol. The minimum absolute atomic E-state index is 0.0142. The molecule has 178 valence electrons. The van der Waals surface area contributed by atoms with Crippen LogP contribution in [-0.2, 0) is 14.8 Å². The van der Waals surface area contributed by atoms with Gasteiger partial charge in [-0.3, -0.25) is 4.79 Å². The van der Waals surface area contributed by atoms with Gasteiger partial charge in [-0.05, 0) is 49.2 Å². The summed E-state index contributed by atoms with van der Waals surface area (Å²) in [4.78, 5) is 20.9. The van der Waals surface area contributed by atoms with Crippen LogP contribution >= 0.6 is 0 Å². The standard InChI is InChI=1S/C25H28N4O4S/c1-18-16-24(26-21-7-4-3-6-20(18)21)27-12-14-28(15-13-27)34(31,32)23-17-19(9-10-22(23)33-2)29-11-5-8-25(29)30/h3-4,6-7,9-10,16-17H,5,8,11-15H2,1-2H3. The number of hydrogen-bond acceptors (Lipinski definition) is 6. The van der Waals surface area contributed by atoms with E-state index >= 15 is 0 Å². The first-order valence-corrected chi connectivity index (χ1v) is 12.9. The molecule has 0 radical (unpaired) electrons. The summed E-state index contributed by atoms with van der Waals surface area (Å²) in [5.41, 5.74) is 2.68. The number of aromatic nitrogens is 1. The number of fused-ring (bicyclic) bond motifs is 1. The average molecular weight is 481 g/mol. The molecule has 8 nitrogen and oxygen atoms in total. The summed E-state index contributed by atoms with van der Waals surface area (Å²) < 4.78 is 34.1. The van der Waals surface area contributed by atoms with E-state index in [0.29, 0.717) is 44.8 Å². The number of anilines is 2. The number of carbonyl (C=O) groups excluding carboxylic acids is 1. The predicted molar refractivity (Wildman–Crippen MR) is 132 cm³/mol. The normalized spacial score (nSPS) is 17.5. The van der Waals surface area contributed by atoms with Crippen molar-refractivity contribution in [3.8, 4) is 5.75 Å². The summed E-state index contributed by atoms with van der Waals surface area (Å²) in [7, 11) is -2.34. The molecule has 1 amide bonds. The number of aryl methyl sites for hydroxylation is 1. The van der Waals surface area contributed by atoms with Crippen molar-refractivity contribution in [2.75, 3.05) is 49.6 Å². The fraction of sp³-hybridized carbons (Fsp3) is 0.360. The van der Waals surface area contributed by atoms with Crippen LogP contribution in [0.5, 0.6) is 5.75 Å². The van der Waals surface area contributed by atoms with Crippen molar-refractivity contribution in [1.82, 2.24) is 9.29 Å². The van der Waals surface area contributed by atoms with Crippen molar-refractivity contribution in [2.24, 2.45) is 0 Å². The summed E-state index contributed by atoms with van der Waals surface area (Å²) in [5, 5.41) is 1.12. The lowest BCUT2D eigenvalue weighted by Crippen LogP contribution is -2.49. The molecule has 3 heterocycles. The van der Waals surface area contributed by atoms with Crippen LogP contribution in [0.4, 0.5) is 11.5 Å². The van der Waals surface area contributed by atoms with Crippen LogP contribution in [0.1, 0.15) is 18.4 Å². The highest BCUT2D eigenvalue weighted by molar-refractivity contribution is 7.89. The third-order valence-corrected chi connectivity index (χ3v) is 8.54. The topological polar surface area (TPSA) is 83.0 Å². The third-order valence-electron chi connectivity index (χ3n) is 6.62. The van der Waals surface area contributed by atoms with Crippen LogP contribution in [0.3, 0.4) is 0 Å². The van der Waals surface area contributed by atoms with E-state index in [1.54, 1.807) is 23.1 Å². The molecule has 3 aromatic rings. The van der Waals surface area contributed by atoms with Gasteiger partial charge in [0.25, 0.3) is 0 Å². The lowest BCUT2D eigenvalue weighted by Gasteiger charge is -2.35. The molecular formula is C25H28N4O4S. The summed E-state index contributed by atoms with van der Waals surface area (Å²) >= 11 is 0. The van der Waals surface area contributed by atoms with E-state index in [9.17, 15) is 13.2 Å². The molecule has 5 rings (SSSR count). The van der Waals surface area contributed by atoms with Gasteiger partial charge in [0, 0.05) is 50.2 Å². The van der Waals surface area contributed by atoms with E-state index < -0.39 is 10.0 Å². The first kappa shape index (κ1) is 22.6. The zero-order chi connectivity index (χ0) is 23.9. The number of sulfonamides is 1. The van der Waals surface area contributed by atoms with E-state index in [2.05, 4.69) is 24.0 Å². The Morgan fingerprint density at radius 3 is 2.44 bits per heavy atom. The lowest BCUT2D eigenvalue weighted by atomic mass is 10.1. The van der Waals surface area contributed by atoms with Crippen LogP contribution in [0, 0.1) is 6.92 Å². The monoisotopic (exact) mass is 480 g/mol. The van der Waals surface area contributed by atoms with E-state index in [0.717, 1.165) is 28.7 Å². The zero-order valence-corrected chi connectivity index (χ0v) is 20.2. The summed E-state index contributed by atoms with van der Waals surface area (Å²) in [6, 6.07) is 15.0. The number of benzene rings is 2. The smallest absolute Gasteiger partial charge is 0.246 e. The minimum atomic E-state index is -3.80. The number of rotatable bonds is 5. The molecule has 2 aliphatic rings. The summed E-state index contributed by atoms with van der Waals surface area (Å²) in [6.07, 6.45) is 1.26. The number of para-hydroxylation sites is 1. The molecule has 2 aliphatic heterocycles. The van der Waals surface area contributed by atoms with Crippen molar-refractivity contribution in [2.45, 2.75) is 24.7 Å². The minimum Gasteiger partial charge on any atom is -0.495 e. The van der Waals surface area contributed by atoms with E-state index in [-0.39, 0.29) is 16.6 Å². The van der Waals surface area contributed by atoms with Gasteiger partial charge in [-0.1, -0.05) is 18.2 Å². The Morgan fingerprint density at radius 1 is 0.971 bits per heavy atom. The molecule has 9 heteroatoms. The van der Waals surface area contributed by atoms with Crippen molar-refractivity contribution in [3.63, 3.8) is 0 Å². The van der Waals surface area contributed by atoms with Crippen LogP contribution in [0.2, 0.25) is 0 Å². The van der Waals surface area contributed by atoms with Gasteiger partial charge in [0.05, 0.1) is 12.6 Å². The molecule has 2 aromatic carbocycles. The maximum atomic E-state index is 13.6. The van der Waals surface area contributed by atoms with Crippen molar-refractivity contribution < 1.29 is 17.9 Å². The molecule has 0 unspecified atom stereocenters. The van der Waals surface area contributed by atoms with Gasteiger partial charge in [0.15, 0.2) is 0 Å². The van der Waals surface area contributed by atoms with Gasteiger partial charge in [-0.15, -0.1) is 0 Å². The highest BCUT2D eigenvalue weighted by Crippen LogP contribution is 2.33. The molecule has 0 spiro atoms. The number of nitrogens with zero attached hydrogens (tertiary/aromatic N) is 4. The highest BCUT2D eigenvalue weighted by atomic mass is 32.2. The fourth-order valence-electron chi connectivity index (χ4n) is 4.75. The Kier molecular flexibility index (Phi) is 5.91. The van der Waals surface area contributed by atoms with Gasteiger partial charge in [-0.25, -0.2) is 13.4 Å². The van der Waals surface area contributed by atoms with E-state index in [1.165, 1.54) is 11.4 Å². The Morgan fingerprint density at radius 2 is 1.74 bits per heavy atom. The van der Waals surface area contributed by atoms with Gasteiger partial charge >= 0.3 is 0 Å². The number of pyridine rings is 1. The number of ether oxygens (including phenoxy) is 1. The summed E-state index contributed by atoms with van der Waals surface area (Å²) in [6.45, 7) is 4.42. The molecule has 0 atom stereocenters. The van der Waals surface area contributed by atoms with Crippen LogP contribution in [0.25, 0.3) is 10.9 Å². The largest absolute Gasteiger partial charge is 0.495 e. The lowest BCUT2D eigenvalue weighted by molar-refractivity contribution is -0.117. The fourth-order valence-corrected chi connectivity index (χ4v) is 6.34. The average Bonchev–Trinajstić information content (AvgIpc) is 3.29. The Balaban J connectivity index is 1.38. The second kappa shape index (κ2) is 8.88. The van der Waals surface area contributed by atoms with Gasteiger partial charge in [-0.2, -0.15) is 4.31 Å². The van der Waals surface area contributed by atoms with Gasteiger partial charge in [0.1, 0.15) is 16.5 Å². The Labute approximate surface area is 199 Å². The van der Waals surface area contributed by atoms with Gasteiger partial charge < -0.3 is 14.5 Å². The Bertz CT molecular complexity index is 1350. The predicted octanol–water partition coefficient (Wildman–Crippen LogP) is 3.19. The summed E-state index contributed by atoms with van der Waals surface area (Å²) in [5.74, 6) is 1.16. The Hall–Kier alpha value is -3.17.